The lowest BCUT2D eigenvalue weighted by molar-refractivity contribution is -0.141. The minimum atomic E-state index is -0.800. The van der Waals surface area contributed by atoms with Crippen LogP contribution in [0, 0.1) is 5.82 Å². The minimum Gasteiger partial charge on any atom is -0.478 e. The van der Waals surface area contributed by atoms with Gasteiger partial charge in [0.25, 0.3) is 0 Å². The number of rotatable bonds is 8. The third-order valence-corrected chi connectivity index (χ3v) is 6.11. The van der Waals surface area contributed by atoms with Crippen LogP contribution in [0.2, 0.25) is 0 Å². The molecule has 0 radical (unpaired) electrons. The summed E-state index contributed by atoms with van der Waals surface area (Å²) in [6, 6.07) is 11.2. The number of methoxy groups -OCH3 is 1. The number of halogens is 1. The van der Waals surface area contributed by atoms with Crippen molar-refractivity contribution in [3.63, 3.8) is 0 Å². The number of ether oxygens (including phenoxy) is 3. The Kier molecular flexibility index (Phi) is 7.62. The molecule has 0 bridgehead atoms. The highest BCUT2D eigenvalue weighted by Gasteiger charge is 2.23. The van der Waals surface area contributed by atoms with Gasteiger partial charge in [0.2, 0.25) is 0 Å². The Morgan fingerprint density at radius 3 is 2.64 bits per heavy atom. The summed E-state index contributed by atoms with van der Waals surface area (Å²) in [6.45, 7) is 9.15. The summed E-state index contributed by atoms with van der Waals surface area (Å²) in [5, 5.41) is 12.8. The van der Waals surface area contributed by atoms with Crippen molar-refractivity contribution in [2.24, 2.45) is 0 Å². The molecule has 11 nitrogen and oxygen atoms in total. The molecule has 216 valence electrons. The van der Waals surface area contributed by atoms with Gasteiger partial charge in [-0.15, -0.1) is 0 Å². The topological polar surface area (TPSA) is 122 Å². The predicted octanol–water partition coefficient (Wildman–Crippen LogP) is 5.74. The van der Waals surface area contributed by atoms with E-state index < -0.39 is 29.6 Å². The summed E-state index contributed by atoms with van der Waals surface area (Å²) in [5.41, 5.74) is 1.58. The number of nitrogens with zero attached hydrogens (tertiary/aromatic N) is 5. The van der Waals surface area contributed by atoms with Gasteiger partial charge in [-0.3, -0.25) is 14.8 Å². The van der Waals surface area contributed by atoms with Crippen LogP contribution in [-0.4, -0.2) is 49.3 Å². The molecule has 0 saturated carbocycles. The van der Waals surface area contributed by atoms with Crippen LogP contribution in [0.3, 0.4) is 0 Å². The van der Waals surface area contributed by atoms with Gasteiger partial charge in [-0.1, -0.05) is 6.58 Å². The Balaban J connectivity index is 1.59. The van der Waals surface area contributed by atoms with Crippen molar-refractivity contribution in [3.05, 3.63) is 85.1 Å². The molecule has 0 saturated heterocycles. The lowest BCUT2D eigenvalue weighted by atomic mass is 10.0. The van der Waals surface area contributed by atoms with E-state index in [1.165, 1.54) is 30.0 Å². The SMILES string of the molecule is C=C[C@H](Oc1cc2cc(F)ccc2nc1NC(=O)OC(C)(C)C)c1cc2nn(CC(=O)OC)cc2cc1-n1cccn1. The maximum absolute atomic E-state index is 14.1. The quantitative estimate of drug-likeness (QED) is 0.185. The highest BCUT2D eigenvalue weighted by atomic mass is 19.1. The van der Waals surface area contributed by atoms with Gasteiger partial charge in [0.15, 0.2) is 11.6 Å². The van der Waals surface area contributed by atoms with Crippen LogP contribution in [0.25, 0.3) is 27.5 Å². The zero-order valence-electron chi connectivity index (χ0n) is 23.5. The number of aromatic nitrogens is 5. The zero-order chi connectivity index (χ0) is 30.0. The summed E-state index contributed by atoms with van der Waals surface area (Å²) in [5.74, 6) is -0.643. The van der Waals surface area contributed by atoms with Gasteiger partial charge < -0.3 is 14.2 Å². The fourth-order valence-electron chi connectivity index (χ4n) is 4.33. The molecule has 42 heavy (non-hydrogen) atoms. The lowest BCUT2D eigenvalue weighted by Gasteiger charge is -2.23. The standard InChI is InChI=1S/C30H29FN6O5/c1-6-25(21-15-23-19(13-24(21)37-11-7-10-32-37)16-36(35-23)17-27(38)40-5)41-26-14-18-12-20(31)8-9-22(18)33-28(26)34-29(39)42-30(2,3)4/h6-16,25H,1,17H2,2-5H3,(H,33,34,39)/t25-/m0/s1. The van der Waals surface area contributed by atoms with Crippen LogP contribution in [0.15, 0.2) is 73.7 Å². The molecule has 0 aliphatic carbocycles. The number of anilines is 1. The second-order valence-corrected chi connectivity index (χ2v) is 10.4. The van der Waals surface area contributed by atoms with E-state index in [1.807, 2.05) is 12.1 Å². The molecular formula is C30H29FN6O5. The molecule has 0 fully saturated rings. The third kappa shape index (κ3) is 6.22. The number of benzene rings is 2. The van der Waals surface area contributed by atoms with Crippen LogP contribution >= 0.6 is 0 Å². The molecule has 5 rings (SSSR count). The van der Waals surface area contributed by atoms with Gasteiger partial charge >= 0.3 is 12.1 Å². The number of esters is 1. The number of pyridine rings is 1. The molecule has 2 aromatic carbocycles. The summed E-state index contributed by atoms with van der Waals surface area (Å²) >= 11 is 0. The smallest absolute Gasteiger partial charge is 0.413 e. The van der Waals surface area contributed by atoms with Crippen molar-refractivity contribution in [3.8, 4) is 11.4 Å². The van der Waals surface area contributed by atoms with Gasteiger partial charge in [-0.25, -0.2) is 18.9 Å². The average molecular weight is 573 g/mol. The molecule has 1 amide bonds. The van der Waals surface area contributed by atoms with E-state index in [1.54, 1.807) is 62.3 Å². The number of hydrogen-bond acceptors (Lipinski definition) is 8. The number of carbonyl (C=O) groups is 2. The molecule has 1 atom stereocenters. The normalized spacial score (nSPS) is 12.2. The van der Waals surface area contributed by atoms with E-state index in [0.717, 1.165) is 5.39 Å². The highest BCUT2D eigenvalue weighted by molar-refractivity contribution is 5.90. The first-order valence-electron chi connectivity index (χ1n) is 13.0. The summed E-state index contributed by atoms with van der Waals surface area (Å²) < 4.78 is 33.8. The average Bonchev–Trinajstić information content (AvgIpc) is 3.59. The van der Waals surface area contributed by atoms with Crippen molar-refractivity contribution in [2.75, 3.05) is 12.4 Å². The number of nitrogens with one attached hydrogen (secondary N) is 1. The van der Waals surface area contributed by atoms with Crippen LogP contribution < -0.4 is 10.1 Å². The van der Waals surface area contributed by atoms with E-state index in [4.69, 9.17) is 14.2 Å². The van der Waals surface area contributed by atoms with Crippen molar-refractivity contribution in [1.29, 1.82) is 0 Å². The van der Waals surface area contributed by atoms with E-state index in [-0.39, 0.29) is 18.1 Å². The highest BCUT2D eigenvalue weighted by Crippen LogP contribution is 2.35. The Bertz CT molecular complexity index is 1790. The summed E-state index contributed by atoms with van der Waals surface area (Å²) in [4.78, 5) is 29.0. The Hall–Kier alpha value is -5.26. The van der Waals surface area contributed by atoms with Crippen molar-refractivity contribution in [1.82, 2.24) is 24.5 Å². The van der Waals surface area contributed by atoms with E-state index in [2.05, 4.69) is 27.1 Å². The fourth-order valence-corrected chi connectivity index (χ4v) is 4.33. The Morgan fingerprint density at radius 2 is 1.95 bits per heavy atom. The van der Waals surface area contributed by atoms with E-state index >= 15 is 0 Å². The molecule has 3 aromatic heterocycles. The maximum Gasteiger partial charge on any atom is 0.413 e. The second kappa shape index (κ2) is 11.3. The second-order valence-electron chi connectivity index (χ2n) is 10.4. The molecule has 0 spiro atoms. The third-order valence-electron chi connectivity index (χ3n) is 6.11. The minimum absolute atomic E-state index is 0.0575. The van der Waals surface area contributed by atoms with Crippen molar-refractivity contribution >= 4 is 39.7 Å². The zero-order valence-corrected chi connectivity index (χ0v) is 23.5. The van der Waals surface area contributed by atoms with Crippen LogP contribution in [0.5, 0.6) is 5.75 Å². The molecular weight excluding hydrogens is 543 g/mol. The first-order valence-corrected chi connectivity index (χ1v) is 13.0. The number of hydrogen-bond donors (Lipinski definition) is 1. The first-order chi connectivity index (χ1) is 20.0. The van der Waals surface area contributed by atoms with Gasteiger partial charge in [0.05, 0.1) is 23.8 Å². The van der Waals surface area contributed by atoms with Gasteiger partial charge in [-0.05, 0) is 69.3 Å². The summed E-state index contributed by atoms with van der Waals surface area (Å²) in [7, 11) is 1.31. The largest absolute Gasteiger partial charge is 0.478 e. The Morgan fingerprint density at radius 1 is 1.14 bits per heavy atom. The van der Waals surface area contributed by atoms with Gasteiger partial charge in [0.1, 0.15) is 24.1 Å². The van der Waals surface area contributed by atoms with Crippen LogP contribution in [0.4, 0.5) is 15.0 Å². The fraction of sp³-hybridized carbons (Fsp3) is 0.233. The number of fused-ring (bicyclic) bond motifs is 2. The van der Waals surface area contributed by atoms with E-state index in [0.29, 0.717) is 27.7 Å². The molecule has 0 aliphatic heterocycles. The van der Waals surface area contributed by atoms with Gasteiger partial charge in [-0.2, -0.15) is 10.2 Å². The van der Waals surface area contributed by atoms with Gasteiger partial charge in [0, 0.05) is 34.9 Å². The molecule has 5 aromatic rings. The first kappa shape index (κ1) is 28.3. The van der Waals surface area contributed by atoms with Crippen LogP contribution in [-0.2, 0) is 20.8 Å². The molecule has 0 aliphatic rings. The molecule has 3 heterocycles. The van der Waals surface area contributed by atoms with Crippen molar-refractivity contribution in [2.45, 2.75) is 39.0 Å². The maximum atomic E-state index is 14.1. The predicted molar refractivity (Wildman–Crippen MR) is 154 cm³/mol. The number of amides is 1. The monoisotopic (exact) mass is 572 g/mol. The Labute approximate surface area is 240 Å². The summed E-state index contributed by atoms with van der Waals surface area (Å²) in [6.07, 6.45) is 5.20. The molecule has 0 unspecified atom stereocenters. The molecule has 12 heteroatoms. The van der Waals surface area contributed by atoms with Crippen molar-refractivity contribution < 1.29 is 28.2 Å². The molecule has 1 N–H and O–H groups in total. The van der Waals surface area contributed by atoms with Crippen LogP contribution in [0.1, 0.15) is 32.4 Å². The van der Waals surface area contributed by atoms with E-state index in [9.17, 15) is 14.0 Å². The number of carbonyl (C=O) groups excluding carboxylic acids is 2. The lowest BCUT2D eigenvalue weighted by Crippen LogP contribution is -2.27.